The fraction of sp³-hybridized carbons (Fsp3) is 0.562. The van der Waals surface area contributed by atoms with Crippen molar-refractivity contribution in [3.05, 3.63) is 24.3 Å². The highest BCUT2D eigenvalue weighted by atomic mass is 35.5. The van der Waals surface area contributed by atoms with E-state index in [1.165, 1.54) is 11.4 Å². The molecule has 0 radical (unpaired) electrons. The lowest BCUT2D eigenvalue weighted by Gasteiger charge is -2.22. The Balaban J connectivity index is 2.85. The minimum Gasteiger partial charge on any atom is -0.381 e. The van der Waals surface area contributed by atoms with Crippen molar-refractivity contribution in [1.82, 2.24) is 0 Å². The number of rotatable bonds is 10. The van der Waals surface area contributed by atoms with Crippen LogP contribution in [0.1, 0.15) is 20.3 Å². The topological polar surface area (TPSA) is 63.2 Å². The van der Waals surface area contributed by atoms with E-state index in [1.807, 2.05) is 50.2 Å². The Hall–Kier alpha value is -0.880. The van der Waals surface area contributed by atoms with E-state index in [2.05, 4.69) is 17.0 Å². The third kappa shape index (κ3) is 7.90. The Morgan fingerprint density at radius 3 is 2.52 bits per heavy atom. The third-order valence-corrected chi connectivity index (χ3v) is 7.96. The van der Waals surface area contributed by atoms with Crippen LogP contribution in [-0.4, -0.2) is 45.0 Å². The molecule has 142 valence electrons. The van der Waals surface area contributed by atoms with Crippen LogP contribution in [0.2, 0.25) is 0 Å². The zero-order valence-electron chi connectivity index (χ0n) is 15.2. The van der Waals surface area contributed by atoms with Gasteiger partial charge in [-0.15, -0.1) is 11.6 Å². The molecule has 1 aromatic rings. The minimum atomic E-state index is -2.71. The summed E-state index contributed by atoms with van der Waals surface area (Å²) < 4.78 is 15.8. The number of carbonyl (C=O) groups is 1. The van der Waals surface area contributed by atoms with Crippen molar-refractivity contribution in [3.63, 3.8) is 0 Å². The van der Waals surface area contributed by atoms with Gasteiger partial charge >= 0.3 is 12.8 Å². The van der Waals surface area contributed by atoms with Crippen LogP contribution in [-0.2, 0) is 9.05 Å². The molecule has 9 heteroatoms. The van der Waals surface area contributed by atoms with Gasteiger partial charge in [-0.3, -0.25) is 5.32 Å². The second-order valence-electron chi connectivity index (χ2n) is 5.22. The van der Waals surface area contributed by atoms with Crippen molar-refractivity contribution in [2.24, 2.45) is 4.74 Å². The van der Waals surface area contributed by atoms with E-state index in [0.717, 1.165) is 17.9 Å². The van der Waals surface area contributed by atoms with Crippen molar-refractivity contribution in [1.29, 1.82) is 0 Å². The maximum atomic E-state index is 12.3. The number of anilines is 2. The zero-order chi connectivity index (χ0) is 18.7. The molecule has 1 atom stereocenters. The van der Waals surface area contributed by atoms with E-state index >= 15 is 0 Å². The van der Waals surface area contributed by atoms with Crippen molar-refractivity contribution in [2.45, 2.75) is 20.3 Å². The highest BCUT2D eigenvalue weighted by molar-refractivity contribution is 8.55. The highest BCUT2D eigenvalue weighted by Crippen LogP contribution is 2.64. The van der Waals surface area contributed by atoms with Gasteiger partial charge in [0.2, 0.25) is 0 Å². The zero-order valence-corrected chi connectivity index (χ0v) is 17.7. The maximum absolute atomic E-state index is 12.3. The molecule has 6 nitrogen and oxygen atoms in total. The smallest absolute Gasteiger partial charge is 0.381 e. The van der Waals surface area contributed by atoms with Crippen molar-refractivity contribution in [2.75, 3.05) is 49.1 Å². The molecule has 0 bridgehead atoms. The molecule has 0 aliphatic rings. The molecule has 0 fully saturated rings. The Morgan fingerprint density at radius 1 is 1.32 bits per heavy atom. The summed E-state index contributed by atoms with van der Waals surface area (Å²) in [5.74, 6) is 1.16. The number of hydrogen-bond donors (Lipinski definition) is 1. The fourth-order valence-electron chi connectivity index (χ4n) is 1.82. The van der Waals surface area contributed by atoms with Crippen molar-refractivity contribution < 1.29 is 13.8 Å². The number of carbonyl (C=O) groups excluding carboxylic acids is 1. The van der Waals surface area contributed by atoms with E-state index in [4.69, 9.17) is 20.6 Å². The van der Waals surface area contributed by atoms with Crippen LogP contribution >= 0.6 is 29.7 Å². The van der Waals surface area contributed by atoms with Gasteiger partial charge in [-0.05, 0) is 49.0 Å². The lowest BCUT2D eigenvalue weighted by atomic mass is 10.2. The van der Waals surface area contributed by atoms with Crippen LogP contribution in [0.3, 0.4) is 0 Å². The van der Waals surface area contributed by atoms with E-state index in [1.54, 1.807) is 0 Å². The van der Waals surface area contributed by atoms with Gasteiger partial charge in [0.05, 0.1) is 13.2 Å². The van der Waals surface area contributed by atoms with Gasteiger partial charge in [-0.25, -0.2) is 9.54 Å². The highest BCUT2D eigenvalue weighted by Gasteiger charge is 2.26. The quantitative estimate of drug-likeness (QED) is 0.400. The van der Waals surface area contributed by atoms with Crippen LogP contribution in [0.15, 0.2) is 29.0 Å². The standard InChI is InChI=1S/C16H27ClN3O3PS/c1-5-13-25-24(22-6-2,18-12-11-17)23-16(21)19-14-7-9-15(10-8-14)20(3)4/h7-10H,5-6,11-13H2,1-4H3,(H,19,21). The molecule has 0 heterocycles. The first-order valence-corrected chi connectivity index (χ1v) is 11.9. The summed E-state index contributed by atoms with van der Waals surface area (Å²) >= 11 is 7.20. The van der Waals surface area contributed by atoms with E-state index in [-0.39, 0.29) is 0 Å². The molecule has 1 amide bonds. The second kappa shape index (κ2) is 11.7. The molecule has 0 aliphatic carbocycles. The number of nitrogens with zero attached hydrogens (tertiary/aromatic N) is 2. The van der Waals surface area contributed by atoms with Gasteiger partial charge in [-0.2, -0.15) is 0 Å². The molecule has 0 aliphatic heterocycles. The molecule has 0 saturated carbocycles. The van der Waals surface area contributed by atoms with E-state index in [9.17, 15) is 4.79 Å². The molecule has 1 rings (SSSR count). The summed E-state index contributed by atoms with van der Waals surface area (Å²) in [6, 6.07) is 7.49. The Labute approximate surface area is 159 Å². The lowest BCUT2D eigenvalue weighted by molar-refractivity contribution is 0.209. The average molecular weight is 408 g/mol. The van der Waals surface area contributed by atoms with Crippen LogP contribution in [0, 0.1) is 0 Å². The van der Waals surface area contributed by atoms with Crippen molar-refractivity contribution in [3.8, 4) is 0 Å². The third-order valence-electron chi connectivity index (χ3n) is 2.94. The van der Waals surface area contributed by atoms with Crippen LogP contribution in [0.4, 0.5) is 16.2 Å². The number of alkyl halides is 1. The predicted molar refractivity (Wildman–Crippen MR) is 110 cm³/mol. The number of halogens is 1. The molecule has 1 N–H and O–H groups in total. The average Bonchev–Trinajstić information content (AvgIpc) is 2.58. The first-order valence-electron chi connectivity index (χ1n) is 8.17. The molecular formula is C16H27ClN3O3PS. The maximum Gasteiger partial charge on any atom is 0.417 e. The molecule has 0 saturated heterocycles. The fourth-order valence-corrected chi connectivity index (χ4v) is 6.39. The Bertz CT molecular complexity index is 584. The SMILES string of the molecule is CCCSP(=NCCCl)(OCC)OC(=O)Nc1ccc(N(C)C)cc1. The lowest BCUT2D eigenvalue weighted by Crippen LogP contribution is -2.13. The predicted octanol–water partition coefficient (Wildman–Crippen LogP) is 5.67. The van der Waals surface area contributed by atoms with Crippen molar-refractivity contribution >= 4 is 47.2 Å². The summed E-state index contributed by atoms with van der Waals surface area (Å²) in [6.07, 6.45) is 0.369. The van der Waals surface area contributed by atoms with Gasteiger partial charge in [0.1, 0.15) is 0 Å². The normalized spacial score (nSPS) is 13.0. The summed E-state index contributed by atoms with van der Waals surface area (Å²) in [5, 5.41) is 2.74. The molecule has 0 spiro atoms. The number of amides is 1. The minimum absolute atomic E-state index is 0.360. The van der Waals surface area contributed by atoms with Gasteiger partial charge in [0.15, 0.2) is 0 Å². The van der Waals surface area contributed by atoms with Gasteiger partial charge < -0.3 is 13.9 Å². The van der Waals surface area contributed by atoms with E-state index in [0.29, 0.717) is 24.7 Å². The largest absolute Gasteiger partial charge is 0.417 e. The van der Waals surface area contributed by atoms with E-state index < -0.39 is 12.8 Å². The number of nitrogens with one attached hydrogen (secondary N) is 1. The first-order chi connectivity index (χ1) is 12.0. The summed E-state index contributed by atoms with van der Waals surface area (Å²) in [7, 11) is 3.92. The Morgan fingerprint density at radius 2 is 2.00 bits per heavy atom. The molecule has 0 aromatic heterocycles. The van der Waals surface area contributed by atoms with Gasteiger partial charge in [-0.1, -0.05) is 6.92 Å². The van der Waals surface area contributed by atoms with Crippen LogP contribution < -0.4 is 10.2 Å². The number of hydrogen-bond acceptors (Lipinski definition) is 6. The number of benzene rings is 1. The molecular weight excluding hydrogens is 381 g/mol. The molecule has 1 aromatic carbocycles. The Kier molecular flexibility index (Phi) is 10.4. The summed E-state index contributed by atoms with van der Waals surface area (Å²) in [6.45, 7) is 2.01. The summed E-state index contributed by atoms with van der Waals surface area (Å²) in [5.41, 5.74) is 1.70. The molecule has 1 unspecified atom stereocenters. The van der Waals surface area contributed by atoms with Gasteiger partial charge in [0.25, 0.3) is 0 Å². The monoisotopic (exact) mass is 407 g/mol. The van der Waals surface area contributed by atoms with Crippen LogP contribution in [0.25, 0.3) is 0 Å². The summed E-state index contributed by atoms with van der Waals surface area (Å²) in [4.78, 5) is 14.3. The van der Waals surface area contributed by atoms with Crippen LogP contribution in [0.5, 0.6) is 0 Å². The second-order valence-corrected chi connectivity index (χ2v) is 10.1. The first kappa shape index (κ1) is 22.2. The van der Waals surface area contributed by atoms with Gasteiger partial charge in [0, 0.05) is 37.1 Å². The molecule has 25 heavy (non-hydrogen) atoms.